The molecule has 0 heterocycles. The molecule has 0 fully saturated rings. The highest BCUT2D eigenvalue weighted by molar-refractivity contribution is 5.70. The Hall–Kier alpha value is -0.610. The average Bonchev–Trinajstić information content (AvgIpc) is 1.99. The molecule has 0 aliphatic rings. The number of ether oxygens (including phenoxy) is 1. The first-order valence-corrected chi connectivity index (χ1v) is 4.86. The van der Waals surface area contributed by atoms with Crippen LogP contribution in [0, 0.1) is 5.92 Å². The predicted octanol–water partition coefficient (Wildman–Crippen LogP) is 0.674. The number of carbonyl (C=O) groups excluding carboxylic acids is 1. The minimum Gasteiger partial charge on any atom is -0.460 e. The number of aliphatic hydroxyl groups is 1. The molecule has 4 nitrogen and oxygen atoms in total. The fraction of sp³-hybridized carbons (Fsp3) is 0.900. The van der Waals surface area contributed by atoms with Gasteiger partial charge in [0.25, 0.3) is 0 Å². The van der Waals surface area contributed by atoms with E-state index in [1.54, 1.807) is 6.92 Å². The number of rotatable bonds is 4. The van der Waals surface area contributed by atoms with Gasteiger partial charge in [-0.15, -0.1) is 0 Å². The summed E-state index contributed by atoms with van der Waals surface area (Å²) in [5.74, 6) is -0.452. The van der Waals surface area contributed by atoms with Gasteiger partial charge in [0.15, 0.2) is 0 Å². The van der Waals surface area contributed by atoms with Gasteiger partial charge in [0.1, 0.15) is 5.60 Å². The first-order chi connectivity index (χ1) is 6.26. The Morgan fingerprint density at radius 3 is 2.36 bits per heavy atom. The van der Waals surface area contributed by atoms with E-state index in [1.807, 2.05) is 20.8 Å². The van der Waals surface area contributed by atoms with Crippen LogP contribution in [-0.2, 0) is 9.53 Å². The largest absolute Gasteiger partial charge is 0.460 e. The zero-order valence-electron chi connectivity index (χ0n) is 9.41. The second kappa shape index (κ2) is 5.32. The molecule has 0 saturated heterocycles. The van der Waals surface area contributed by atoms with Crippen molar-refractivity contribution in [2.45, 2.75) is 45.8 Å². The summed E-state index contributed by atoms with van der Waals surface area (Å²) < 4.78 is 5.11. The third kappa shape index (κ3) is 5.94. The normalized spacial score (nSPS) is 16.1. The molecule has 0 amide bonds. The van der Waals surface area contributed by atoms with Crippen LogP contribution in [0.2, 0.25) is 0 Å². The van der Waals surface area contributed by atoms with Crippen LogP contribution in [0.25, 0.3) is 0 Å². The number of carbonyl (C=O) groups is 1. The maximum atomic E-state index is 11.3. The zero-order valence-corrected chi connectivity index (χ0v) is 9.41. The minimum atomic E-state index is -0.637. The highest BCUT2D eigenvalue weighted by Gasteiger charge is 2.21. The van der Waals surface area contributed by atoms with Crippen molar-refractivity contribution in [3.8, 4) is 0 Å². The number of hydrogen-bond donors (Lipinski definition) is 2. The fourth-order valence-corrected chi connectivity index (χ4v) is 1.01. The van der Waals surface area contributed by atoms with Gasteiger partial charge in [0.05, 0.1) is 12.5 Å². The Bertz CT molecular complexity index is 186. The number of aliphatic hydroxyl groups excluding tert-OH is 1. The first kappa shape index (κ1) is 13.4. The Morgan fingerprint density at radius 1 is 1.50 bits per heavy atom. The second-order valence-corrected chi connectivity index (χ2v) is 4.57. The lowest BCUT2D eigenvalue weighted by Gasteiger charge is -2.22. The molecule has 14 heavy (non-hydrogen) atoms. The summed E-state index contributed by atoms with van der Waals surface area (Å²) in [6.07, 6.45) is -0.433. The summed E-state index contributed by atoms with van der Waals surface area (Å²) in [4.78, 5) is 11.3. The quantitative estimate of drug-likeness (QED) is 0.659. The van der Waals surface area contributed by atoms with Crippen LogP contribution < -0.4 is 5.73 Å². The van der Waals surface area contributed by atoms with Crippen molar-refractivity contribution < 1.29 is 14.6 Å². The van der Waals surface area contributed by atoms with Crippen molar-refractivity contribution in [3.63, 3.8) is 0 Å². The van der Waals surface area contributed by atoms with Crippen LogP contribution >= 0.6 is 0 Å². The topological polar surface area (TPSA) is 72.5 Å². The molecule has 0 aromatic carbocycles. The van der Waals surface area contributed by atoms with Gasteiger partial charge in [-0.2, -0.15) is 0 Å². The van der Waals surface area contributed by atoms with Crippen molar-refractivity contribution in [1.29, 1.82) is 0 Å². The highest BCUT2D eigenvalue weighted by Crippen LogP contribution is 2.13. The first-order valence-electron chi connectivity index (χ1n) is 4.86. The molecule has 4 heteroatoms. The van der Waals surface area contributed by atoms with E-state index in [4.69, 9.17) is 10.5 Å². The van der Waals surface area contributed by atoms with Crippen molar-refractivity contribution in [2.24, 2.45) is 11.7 Å². The van der Waals surface area contributed by atoms with Gasteiger partial charge in [0, 0.05) is 6.54 Å². The van der Waals surface area contributed by atoms with Gasteiger partial charge in [-0.1, -0.05) is 6.92 Å². The lowest BCUT2D eigenvalue weighted by Crippen LogP contribution is -2.31. The SMILES string of the molecule is C[C@H](CC(=O)OC(C)(C)C)C(O)CN. The van der Waals surface area contributed by atoms with Gasteiger partial charge >= 0.3 is 5.97 Å². The Balaban J connectivity index is 3.95. The molecule has 0 rings (SSSR count). The van der Waals surface area contributed by atoms with Crippen molar-refractivity contribution >= 4 is 5.97 Å². The van der Waals surface area contributed by atoms with E-state index in [2.05, 4.69) is 0 Å². The molecule has 3 N–H and O–H groups in total. The molecule has 2 atom stereocenters. The molecule has 0 bridgehead atoms. The average molecular weight is 203 g/mol. The van der Waals surface area contributed by atoms with Crippen LogP contribution in [0.5, 0.6) is 0 Å². The van der Waals surface area contributed by atoms with Gasteiger partial charge < -0.3 is 15.6 Å². The molecule has 0 aliphatic heterocycles. The van der Waals surface area contributed by atoms with Gasteiger partial charge in [0.2, 0.25) is 0 Å². The summed E-state index contributed by atoms with van der Waals surface area (Å²) in [7, 11) is 0. The van der Waals surface area contributed by atoms with Gasteiger partial charge in [-0.05, 0) is 26.7 Å². The van der Waals surface area contributed by atoms with Crippen LogP contribution in [-0.4, -0.2) is 29.3 Å². The molecule has 1 unspecified atom stereocenters. The molecule has 0 aromatic heterocycles. The van der Waals surface area contributed by atoms with Crippen LogP contribution in [0.15, 0.2) is 0 Å². The third-order valence-corrected chi connectivity index (χ3v) is 1.81. The van der Waals surface area contributed by atoms with E-state index in [9.17, 15) is 9.90 Å². The Labute approximate surface area is 85.4 Å². The standard InChI is InChI=1S/C10H21NO3/c1-7(8(12)6-11)5-9(13)14-10(2,3)4/h7-8,12H,5-6,11H2,1-4H3/t7-,8?/m1/s1. The lowest BCUT2D eigenvalue weighted by atomic mass is 10.0. The van der Waals surface area contributed by atoms with E-state index in [0.717, 1.165) is 0 Å². The minimum absolute atomic E-state index is 0.158. The molecular formula is C10H21NO3. The van der Waals surface area contributed by atoms with Crippen LogP contribution in [0.3, 0.4) is 0 Å². The van der Waals surface area contributed by atoms with Crippen molar-refractivity contribution in [1.82, 2.24) is 0 Å². The third-order valence-electron chi connectivity index (χ3n) is 1.81. The van der Waals surface area contributed by atoms with E-state index in [-0.39, 0.29) is 24.9 Å². The monoisotopic (exact) mass is 203 g/mol. The van der Waals surface area contributed by atoms with Crippen molar-refractivity contribution in [3.05, 3.63) is 0 Å². The summed E-state index contributed by atoms with van der Waals surface area (Å²) >= 11 is 0. The van der Waals surface area contributed by atoms with E-state index in [0.29, 0.717) is 0 Å². The molecule has 0 saturated carbocycles. The summed E-state index contributed by atoms with van der Waals surface area (Å²) in [5, 5.41) is 9.34. The lowest BCUT2D eigenvalue weighted by molar-refractivity contribution is -0.156. The molecule has 0 aromatic rings. The maximum absolute atomic E-state index is 11.3. The second-order valence-electron chi connectivity index (χ2n) is 4.57. The number of nitrogens with two attached hydrogens (primary N) is 1. The number of hydrogen-bond acceptors (Lipinski definition) is 4. The molecule has 0 aliphatic carbocycles. The zero-order chi connectivity index (χ0) is 11.4. The molecule has 84 valence electrons. The van der Waals surface area contributed by atoms with Crippen LogP contribution in [0.1, 0.15) is 34.1 Å². The predicted molar refractivity (Wildman–Crippen MR) is 54.7 cm³/mol. The molecular weight excluding hydrogens is 182 g/mol. The van der Waals surface area contributed by atoms with E-state index in [1.165, 1.54) is 0 Å². The van der Waals surface area contributed by atoms with E-state index >= 15 is 0 Å². The number of esters is 1. The van der Waals surface area contributed by atoms with Crippen LogP contribution in [0.4, 0.5) is 0 Å². The van der Waals surface area contributed by atoms with Gasteiger partial charge in [-0.25, -0.2) is 0 Å². The Kier molecular flexibility index (Phi) is 5.08. The van der Waals surface area contributed by atoms with Gasteiger partial charge in [-0.3, -0.25) is 4.79 Å². The van der Waals surface area contributed by atoms with E-state index < -0.39 is 11.7 Å². The summed E-state index contributed by atoms with van der Waals surface area (Å²) in [6.45, 7) is 7.39. The Morgan fingerprint density at radius 2 is 2.00 bits per heavy atom. The summed E-state index contributed by atoms with van der Waals surface area (Å²) in [5.41, 5.74) is 4.81. The maximum Gasteiger partial charge on any atom is 0.306 e. The smallest absolute Gasteiger partial charge is 0.306 e. The summed E-state index contributed by atoms with van der Waals surface area (Å²) in [6, 6.07) is 0. The fourth-order valence-electron chi connectivity index (χ4n) is 1.01. The highest BCUT2D eigenvalue weighted by atomic mass is 16.6. The molecule has 0 radical (unpaired) electrons. The van der Waals surface area contributed by atoms with Crippen molar-refractivity contribution in [2.75, 3.05) is 6.54 Å². The molecule has 0 spiro atoms.